The van der Waals surface area contributed by atoms with Crippen molar-refractivity contribution in [3.8, 4) is 0 Å². The summed E-state index contributed by atoms with van der Waals surface area (Å²) in [6.45, 7) is 1.82. The number of anilines is 1. The van der Waals surface area contributed by atoms with Crippen LogP contribution in [-0.2, 0) is 20.9 Å². The van der Waals surface area contributed by atoms with Crippen LogP contribution >= 0.6 is 0 Å². The standard InChI is InChI=1S/C13H18N2O4/c1-9(16)15-12(13(17)18)7-14-11-6-4-3-5-10(11)8-19-2/h3-6,12,14H,7-8H2,1-2H3,(H,15,16)(H,17,18). The number of hydrogen-bond donors (Lipinski definition) is 3. The third-order valence-electron chi connectivity index (χ3n) is 2.49. The molecule has 1 aromatic rings. The quantitative estimate of drug-likeness (QED) is 0.680. The minimum Gasteiger partial charge on any atom is -0.480 e. The van der Waals surface area contributed by atoms with E-state index < -0.39 is 12.0 Å². The lowest BCUT2D eigenvalue weighted by Crippen LogP contribution is -2.44. The van der Waals surface area contributed by atoms with Crippen molar-refractivity contribution in [1.82, 2.24) is 5.32 Å². The Morgan fingerprint density at radius 2 is 2.05 bits per heavy atom. The number of rotatable bonds is 7. The monoisotopic (exact) mass is 266 g/mol. The van der Waals surface area contributed by atoms with Crippen molar-refractivity contribution in [2.75, 3.05) is 19.0 Å². The maximum absolute atomic E-state index is 11.0. The molecule has 0 aliphatic heterocycles. The van der Waals surface area contributed by atoms with Gasteiger partial charge in [0.15, 0.2) is 0 Å². The molecular weight excluding hydrogens is 248 g/mol. The Kier molecular flexibility index (Phi) is 5.81. The fraction of sp³-hybridized carbons (Fsp3) is 0.385. The van der Waals surface area contributed by atoms with Gasteiger partial charge in [0, 0.05) is 31.8 Å². The van der Waals surface area contributed by atoms with E-state index in [4.69, 9.17) is 9.84 Å². The first kappa shape index (κ1) is 15.0. The molecule has 0 saturated heterocycles. The molecule has 0 aliphatic rings. The van der Waals surface area contributed by atoms with Crippen molar-refractivity contribution in [1.29, 1.82) is 0 Å². The number of nitrogens with one attached hydrogen (secondary N) is 2. The molecule has 0 fully saturated rings. The summed E-state index contributed by atoms with van der Waals surface area (Å²) in [5.74, 6) is -1.45. The topological polar surface area (TPSA) is 87.7 Å². The van der Waals surface area contributed by atoms with Gasteiger partial charge in [0.1, 0.15) is 6.04 Å². The lowest BCUT2D eigenvalue weighted by molar-refractivity contribution is -0.141. The van der Waals surface area contributed by atoms with Gasteiger partial charge in [-0.05, 0) is 6.07 Å². The summed E-state index contributed by atoms with van der Waals surface area (Å²) < 4.78 is 5.06. The van der Waals surface area contributed by atoms with Crippen molar-refractivity contribution in [3.05, 3.63) is 29.8 Å². The van der Waals surface area contributed by atoms with Gasteiger partial charge in [0.25, 0.3) is 0 Å². The Morgan fingerprint density at radius 1 is 1.37 bits per heavy atom. The molecule has 3 N–H and O–H groups in total. The number of para-hydroxylation sites is 1. The van der Waals surface area contributed by atoms with E-state index in [0.29, 0.717) is 6.61 Å². The number of methoxy groups -OCH3 is 1. The Hall–Kier alpha value is -2.08. The molecule has 6 heteroatoms. The number of amides is 1. The van der Waals surface area contributed by atoms with E-state index >= 15 is 0 Å². The molecule has 0 heterocycles. The summed E-state index contributed by atoms with van der Waals surface area (Å²) in [7, 11) is 1.59. The van der Waals surface area contributed by atoms with Crippen LogP contribution in [0.2, 0.25) is 0 Å². The van der Waals surface area contributed by atoms with Crippen molar-refractivity contribution in [3.63, 3.8) is 0 Å². The number of hydrogen-bond acceptors (Lipinski definition) is 4. The van der Waals surface area contributed by atoms with E-state index in [0.717, 1.165) is 11.3 Å². The number of carboxylic acids is 1. The first-order valence-corrected chi connectivity index (χ1v) is 5.85. The molecule has 1 unspecified atom stereocenters. The van der Waals surface area contributed by atoms with E-state index in [9.17, 15) is 9.59 Å². The fourth-order valence-electron chi connectivity index (χ4n) is 1.63. The maximum Gasteiger partial charge on any atom is 0.328 e. The molecule has 0 aromatic heterocycles. The Labute approximate surface area is 111 Å². The van der Waals surface area contributed by atoms with E-state index in [2.05, 4.69) is 10.6 Å². The minimum atomic E-state index is -1.08. The van der Waals surface area contributed by atoms with Crippen LogP contribution < -0.4 is 10.6 Å². The van der Waals surface area contributed by atoms with Gasteiger partial charge in [-0.15, -0.1) is 0 Å². The van der Waals surface area contributed by atoms with E-state index in [-0.39, 0.29) is 12.5 Å². The summed E-state index contributed by atoms with van der Waals surface area (Å²) >= 11 is 0. The predicted molar refractivity (Wildman–Crippen MR) is 70.9 cm³/mol. The third kappa shape index (κ3) is 4.97. The average molecular weight is 266 g/mol. The SMILES string of the molecule is COCc1ccccc1NCC(NC(C)=O)C(=O)O. The molecule has 0 saturated carbocycles. The zero-order chi connectivity index (χ0) is 14.3. The van der Waals surface area contributed by atoms with Crippen LogP contribution in [-0.4, -0.2) is 36.7 Å². The molecule has 6 nitrogen and oxygen atoms in total. The molecule has 0 bridgehead atoms. The zero-order valence-electron chi connectivity index (χ0n) is 11.0. The Balaban J connectivity index is 2.68. The highest BCUT2D eigenvalue weighted by Crippen LogP contribution is 2.15. The molecule has 0 aliphatic carbocycles. The molecule has 1 atom stereocenters. The highest BCUT2D eigenvalue weighted by atomic mass is 16.5. The first-order valence-electron chi connectivity index (χ1n) is 5.85. The summed E-state index contributed by atoms with van der Waals surface area (Å²) in [4.78, 5) is 21.9. The van der Waals surface area contributed by atoms with Crippen molar-refractivity contribution < 1.29 is 19.4 Å². The molecule has 1 aromatic carbocycles. The number of ether oxygens (including phenoxy) is 1. The van der Waals surface area contributed by atoms with E-state index in [1.165, 1.54) is 6.92 Å². The summed E-state index contributed by atoms with van der Waals surface area (Å²) in [5.41, 5.74) is 1.72. The van der Waals surface area contributed by atoms with Gasteiger partial charge < -0.3 is 20.5 Å². The van der Waals surface area contributed by atoms with Gasteiger partial charge in [0.2, 0.25) is 5.91 Å². The van der Waals surface area contributed by atoms with Gasteiger partial charge >= 0.3 is 5.97 Å². The molecule has 104 valence electrons. The normalized spacial score (nSPS) is 11.7. The molecule has 1 amide bonds. The average Bonchev–Trinajstić information content (AvgIpc) is 2.35. The number of benzene rings is 1. The van der Waals surface area contributed by atoms with Crippen LogP contribution in [0.3, 0.4) is 0 Å². The summed E-state index contributed by atoms with van der Waals surface area (Å²) in [6.07, 6.45) is 0. The number of carboxylic acid groups (broad SMARTS) is 1. The van der Waals surface area contributed by atoms with Crippen LogP contribution in [0.15, 0.2) is 24.3 Å². The Bertz CT molecular complexity index is 448. The largest absolute Gasteiger partial charge is 0.480 e. The lowest BCUT2D eigenvalue weighted by atomic mass is 10.2. The zero-order valence-corrected chi connectivity index (χ0v) is 11.0. The van der Waals surface area contributed by atoms with Gasteiger partial charge in [-0.25, -0.2) is 4.79 Å². The molecular formula is C13H18N2O4. The molecule has 1 rings (SSSR count). The van der Waals surface area contributed by atoms with Gasteiger partial charge in [-0.1, -0.05) is 18.2 Å². The van der Waals surface area contributed by atoms with Crippen LogP contribution in [0, 0.1) is 0 Å². The lowest BCUT2D eigenvalue weighted by Gasteiger charge is -2.16. The highest BCUT2D eigenvalue weighted by Gasteiger charge is 2.18. The van der Waals surface area contributed by atoms with Crippen LogP contribution in [0.1, 0.15) is 12.5 Å². The minimum absolute atomic E-state index is 0.107. The highest BCUT2D eigenvalue weighted by molar-refractivity contribution is 5.82. The van der Waals surface area contributed by atoms with Crippen LogP contribution in [0.4, 0.5) is 5.69 Å². The Morgan fingerprint density at radius 3 is 2.63 bits per heavy atom. The smallest absolute Gasteiger partial charge is 0.328 e. The van der Waals surface area contributed by atoms with Crippen LogP contribution in [0.25, 0.3) is 0 Å². The number of carbonyl (C=O) groups is 2. The summed E-state index contributed by atoms with van der Waals surface area (Å²) in [6, 6.07) is 6.48. The van der Waals surface area contributed by atoms with Gasteiger partial charge in [0.05, 0.1) is 6.61 Å². The van der Waals surface area contributed by atoms with Crippen LogP contribution in [0.5, 0.6) is 0 Å². The van der Waals surface area contributed by atoms with Gasteiger partial charge in [-0.2, -0.15) is 0 Å². The maximum atomic E-state index is 11.0. The number of aliphatic carboxylic acids is 1. The first-order chi connectivity index (χ1) is 9.04. The molecule has 0 radical (unpaired) electrons. The second kappa shape index (κ2) is 7.38. The van der Waals surface area contributed by atoms with E-state index in [1.54, 1.807) is 7.11 Å². The van der Waals surface area contributed by atoms with Crippen molar-refractivity contribution >= 4 is 17.6 Å². The second-order valence-electron chi connectivity index (χ2n) is 4.06. The molecule has 0 spiro atoms. The number of carbonyl (C=O) groups excluding carboxylic acids is 1. The van der Waals surface area contributed by atoms with Crippen molar-refractivity contribution in [2.24, 2.45) is 0 Å². The van der Waals surface area contributed by atoms with Gasteiger partial charge in [-0.3, -0.25) is 4.79 Å². The summed E-state index contributed by atoms with van der Waals surface area (Å²) in [5, 5.41) is 14.4. The molecule has 19 heavy (non-hydrogen) atoms. The predicted octanol–water partition coefficient (Wildman–Crippen LogP) is 0.834. The van der Waals surface area contributed by atoms with E-state index in [1.807, 2.05) is 24.3 Å². The third-order valence-corrected chi connectivity index (χ3v) is 2.49. The second-order valence-corrected chi connectivity index (χ2v) is 4.06. The fourth-order valence-corrected chi connectivity index (χ4v) is 1.63. The van der Waals surface area contributed by atoms with Crippen molar-refractivity contribution in [2.45, 2.75) is 19.6 Å².